The molecule has 0 bridgehead atoms. The summed E-state index contributed by atoms with van der Waals surface area (Å²) in [4.78, 5) is 2.37. The third-order valence-corrected chi connectivity index (χ3v) is 5.81. The van der Waals surface area contributed by atoms with E-state index in [1.165, 1.54) is 10.4 Å². The fourth-order valence-electron chi connectivity index (χ4n) is 2.57. The first-order valence-corrected chi connectivity index (χ1v) is 8.84. The summed E-state index contributed by atoms with van der Waals surface area (Å²) in [6, 6.07) is 6.38. The minimum Gasteiger partial charge on any atom is -0.379 e. The van der Waals surface area contributed by atoms with Gasteiger partial charge in [0.25, 0.3) is 0 Å². The maximum absolute atomic E-state index is 12.7. The molecule has 21 heavy (non-hydrogen) atoms. The van der Waals surface area contributed by atoms with Gasteiger partial charge in [0.05, 0.1) is 24.3 Å². The molecule has 7 heteroatoms. The van der Waals surface area contributed by atoms with E-state index in [1.807, 2.05) is 6.92 Å². The first-order chi connectivity index (χ1) is 9.96. The van der Waals surface area contributed by atoms with E-state index in [9.17, 15) is 8.42 Å². The third kappa shape index (κ3) is 3.76. The molecule has 0 N–H and O–H groups in total. The summed E-state index contributed by atoms with van der Waals surface area (Å²) in [5, 5.41) is 0.420. The van der Waals surface area contributed by atoms with E-state index in [0.29, 0.717) is 18.2 Å². The van der Waals surface area contributed by atoms with Crippen molar-refractivity contribution >= 4 is 21.6 Å². The second kappa shape index (κ2) is 7.07. The second-order valence-corrected chi connectivity index (χ2v) is 7.45. The van der Waals surface area contributed by atoms with Gasteiger partial charge in [-0.3, -0.25) is 4.90 Å². The Kier molecular flexibility index (Phi) is 5.62. The fourth-order valence-corrected chi connectivity index (χ4v) is 4.29. The van der Waals surface area contributed by atoms with Crippen LogP contribution < -0.4 is 0 Å². The van der Waals surface area contributed by atoms with Crippen LogP contribution in [0.25, 0.3) is 0 Å². The Labute approximate surface area is 131 Å². The number of nitrogens with zero attached hydrogens (tertiary/aromatic N) is 2. The van der Waals surface area contributed by atoms with Gasteiger partial charge in [0.1, 0.15) is 0 Å². The molecule has 118 valence electrons. The van der Waals surface area contributed by atoms with E-state index in [2.05, 4.69) is 4.90 Å². The Morgan fingerprint density at radius 2 is 2.05 bits per heavy atom. The smallest absolute Gasteiger partial charge is 0.244 e. The van der Waals surface area contributed by atoms with Crippen LogP contribution >= 0.6 is 11.6 Å². The van der Waals surface area contributed by atoms with Crippen molar-refractivity contribution in [3.8, 4) is 0 Å². The largest absolute Gasteiger partial charge is 0.379 e. The number of sulfonamides is 1. The molecule has 1 aromatic rings. The number of benzene rings is 1. The van der Waals surface area contributed by atoms with E-state index in [0.717, 1.165) is 19.5 Å². The molecule has 5 nitrogen and oxygen atoms in total. The van der Waals surface area contributed by atoms with Crippen molar-refractivity contribution in [1.82, 2.24) is 9.21 Å². The van der Waals surface area contributed by atoms with Crippen molar-refractivity contribution in [2.45, 2.75) is 24.4 Å². The van der Waals surface area contributed by atoms with E-state index in [1.54, 1.807) is 25.2 Å². The van der Waals surface area contributed by atoms with Gasteiger partial charge < -0.3 is 4.74 Å². The van der Waals surface area contributed by atoms with Crippen molar-refractivity contribution in [2.24, 2.45) is 0 Å². The van der Waals surface area contributed by atoms with Gasteiger partial charge >= 0.3 is 0 Å². The average Bonchev–Trinajstić information content (AvgIpc) is 2.49. The Morgan fingerprint density at radius 3 is 2.62 bits per heavy atom. The number of hydrogen-bond donors (Lipinski definition) is 0. The molecule has 1 unspecified atom stereocenters. The first kappa shape index (κ1) is 16.7. The monoisotopic (exact) mass is 332 g/mol. The van der Waals surface area contributed by atoms with Gasteiger partial charge in [0, 0.05) is 25.2 Å². The molecule has 0 aliphatic carbocycles. The summed E-state index contributed by atoms with van der Waals surface area (Å²) in [5.41, 5.74) is 0. The molecule has 1 fully saturated rings. The van der Waals surface area contributed by atoms with Crippen LogP contribution in [0.3, 0.4) is 0 Å². The number of rotatable bonds is 5. The van der Waals surface area contributed by atoms with Crippen LogP contribution in [0.5, 0.6) is 0 Å². The summed E-state index contributed by atoms with van der Waals surface area (Å²) >= 11 is 5.91. The van der Waals surface area contributed by atoms with Gasteiger partial charge in [0.15, 0.2) is 0 Å². The van der Waals surface area contributed by atoms with E-state index >= 15 is 0 Å². The average molecular weight is 333 g/mol. The zero-order chi connectivity index (χ0) is 15.5. The SMILES string of the molecule is CCC(N1CCOCC1)N(C)S(=O)(=O)c1cccc(Cl)c1. The highest BCUT2D eigenvalue weighted by Gasteiger charge is 2.31. The van der Waals surface area contributed by atoms with E-state index in [-0.39, 0.29) is 11.1 Å². The minimum absolute atomic E-state index is 0.169. The summed E-state index contributed by atoms with van der Waals surface area (Å²) in [5.74, 6) is 0. The molecular formula is C14H21ClN2O3S. The van der Waals surface area contributed by atoms with Gasteiger partial charge in [-0.15, -0.1) is 0 Å². The van der Waals surface area contributed by atoms with Crippen molar-refractivity contribution in [3.05, 3.63) is 29.3 Å². The third-order valence-electron chi connectivity index (χ3n) is 3.73. The van der Waals surface area contributed by atoms with Gasteiger partial charge in [-0.25, -0.2) is 8.42 Å². The van der Waals surface area contributed by atoms with Crippen molar-refractivity contribution in [1.29, 1.82) is 0 Å². The summed E-state index contributed by atoms with van der Waals surface area (Å²) in [7, 11) is -1.93. The van der Waals surface area contributed by atoms with Crippen LogP contribution in [0.1, 0.15) is 13.3 Å². The first-order valence-electron chi connectivity index (χ1n) is 7.02. The lowest BCUT2D eigenvalue weighted by Gasteiger charge is -2.38. The number of hydrogen-bond acceptors (Lipinski definition) is 4. The van der Waals surface area contributed by atoms with Crippen LogP contribution in [0.4, 0.5) is 0 Å². The van der Waals surface area contributed by atoms with E-state index in [4.69, 9.17) is 16.3 Å². The molecule has 0 amide bonds. The lowest BCUT2D eigenvalue weighted by atomic mass is 10.3. The molecule has 1 atom stereocenters. The van der Waals surface area contributed by atoms with Crippen molar-refractivity contribution in [3.63, 3.8) is 0 Å². The van der Waals surface area contributed by atoms with Crippen LogP contribution in [0, 0.1) is 0 Å². The molecular weight excluding hydrogens is 312 g/mol. The zero-order valence-electron chi connectivity index (χ0n) is 12.3. The maximum atomic E-state index is 12.7. The van der Waals surface area contributed by atoms with Gasteiger partial charge in [-0.2, -0.15) is 4.31 Å². The Morgan fingerprint density at radius 1 is 1.38 bits per heavy atom. The summed E-state index contributed by atoms with van der Waals surface area (Å²) in [6.07, 6.45) is 0.550. The second-order valence-electron chi connectivity index (χ2n) is 5.02. The fraction of sp³-hybridized carbons (Fsp3) is 0.571. The summed E-state index contributed by atoms with van der Waals surface area (Å²) in [6.45, 7) is 4.76. The number of morpholine rings is 1. The lowest BCUT2D eigenvalue weighted by Crippen LogP contribution is -2.52. The highest BCUT2D eigenvalue weighted by atomic mass is 35.5. The molecule has 1 aliphatic heterocycles. The number of ether oxygens (including phenoxy) is 1. The van der Waals surface area contributed by atoms with Gasteiger partial charge in [-0.05, 0) is 24.6 Å². The Hall–Kier alpha value is -0.660. The molecule has 1 saturated heterocycles. The molecule has 1 aliphatic rings. The standard InChI is InChI=1S/C14H21ClN2O3S/c1-3-14(17-7-9-20-10-8-17)16(2)21(18,19)13-6-4-5-12(15)11-13/h4-6,11,14H,3,7-10H2,1-2H3. The predicted octanol–water partition coefficient (Wildman–Crippen LogP) is 2.03. The quantitative estimate of drug-likeness (QED) is 0.828. The molecule has 0 saturated carbocycles. The molecule has 1 aromatic carbocycles. The topological polar surface area (TPSA) is 49.9 Å². The number of halogens is 1. The van der Waals surface area contributed by atoms with Crippen LogP contribution in [0.2, 0.25) is 5.02 Å². The highest BCUT2D eigenvalue weighted by Crippen LogP contribution is 2.23. The van der Waals surface area contributed by atoms with Crippen LogP contribution in [0.15, 0.2) is 29.2 Å². The maximum Gasteiger partial charge on any atom is 0.244 e. The molecule has 0 radical (unpaired) electrons. The van der Waals surface area contributed by atoms with E-state index < -0.39 is 10.0 Å². The molecule has 2 rings (SSSR count). The minimum atomic E-state index is -3.56. The molecule has 0 spiro atoms. The van der Waals surface area contributed by atoms with Crippen molar-refractivity contribution < 1.29 is 13.2 Å². The highest BCUT2D eigenvalue weighted by molar-refractivity contribution is 7.89. The predicted molar refractivity (Wildman–Crippen MR) is 82.9 cm³/mol. The van der Waals surface area contributed by atoms with Gasteiger partial charge in [0.2, 0.25) is 10.0 Å². The Bertz CT molecular complexity index is 573. The molecule has 1 heterocycles. The van der Waals surface area contributed by atoms with Crippen molar-refractivity contribution in [2.75, 3.05) is 33.4 Å². The summed E-state index contributed by atoms with van der Waals surface area (Å²) < 4.78 is 32.2. The molecule has 0 aromatic heterocycles. The Balaban J connectivity index is 2.25. The zero-order valence-corrected chi connectivity index (χ0v) is 13.9. The van der Waals surface area contributed by atoms with Crippen LogP contribution in [-0.2, 0) is 14.8 Å². The normalized spacial score (nSPS) is 18.9. The van der Waals surface area contributed by atoms with Crippen LogP contribution in [-0.4, -0.2) is 57.1 Å². The van der Waals surface area contributed by atoms with Gasteiger partial charge in [-0.1, -0.05) is 24.6 Å². The lowest BCUT2D eigenvalue weighted by molar-refractivity contribution is -0.00793.